The maximum atomic E-state index is 13.0. The fourth-order valence-corrected chi connectivity index (χ4v) is 2.70. The summed E-state index contributed by atoms with van der Waals surface area (Å²) in [5, 5.41) is 12.9. The molecule has 5 nitrogen and oxygen atoms in total. The van der Waals surface area contributed by atoms with Crippen molar-refractivity contribution in [1.29, 1.82) is 0 Å². The highest BCUT2D eigenvalue weighted by Gasteiger charge is 2.22. The van der Waals surface area contributed by atoms with Crippen LogP contribution in [0.25, 0.3) is 0 Å². The maximum absolute atomic E-state index is 13.0. The highest BCUT2D eigenvalue weighted by molar-refractivity contribution is 5.55. The number of aliphatic hydroxyl groups excluding tert-OH is 1. The molecular formula is C17H21FN4O. The van der Waals surface area contributed by atoms with Gasteiger partial charge < -0.3 is 15.3 Å². The fraction of sp³-hybridized carbons (Fsp3) is 0.412. The smallest absolute Gasteiger partial charge is 0.229 e. The van der Waals surface area contributed by atoms with Crippen LogP contribution in [0.3, 0.4) is 0 Å². The van der Waals surface area contributed by atoms with Crippen LogP contribution in [-0.2, 0) is 6.42 Å². The normalized spacial score (nSPS) is 17.5. The van der Waals surface area contributed by atoms with Crippen LogP contribution in [0.5, 0.6) is 0 Å². The van der Waals surface area contributed by atoms with Gasteiger partial charge in [0.15, 0.2) is 0 Å². The van der Waals surface area contributed by atoms with Gasteiger partial charge in [0.1, 0.15) is 11.6 Å². The first-order valence-corrected chi connectivity index (χ1v) is 7.97. The third kappa shape index (κ3) is 3.96. The third-order valence-electron chi connectivity index (χ3n) is 3.86. The highest BCUT2D eigenvalue weighted by Crippen LogP contribution is 2.22. The zero-order chi connectivity index (χ0) is 16.2. The van der Waals surface area contributed by atoms with Crippen molar-refractivity contribution >= 4 is 17.5 Å². The second kappa shape index (κ2) is 6.91. The van der Waals surface area contributed by atoms with Gasteiger partial charge in [0.2, 0.25) is 5.95 Å². The van der Waals surface area contributed by atoms with E-state index in [1.807, 2.05) is 6.07 Å². The Morgan fingerprint density at radius 2 is 2.09 bits per heavy atom. The summed E-state index contributed by atoms with van der Waals surface area (Å²) in [7, 11) is 0. The van der Waals surface area contributed by atoms with Gasteiger partial charge in [-0.05, 0) is 37.1 Å². The van der Waals surface area contributed by atoms with E-state index in [0.717, 1.165) is 43.0 Å². The van der Waals surface area contributed by atoms with E-state index in [1.54, 1.807) is 12.1 Å². The first-order chi connectivity index (χ1) is 11.1. The zero-order valence-electron chi connectivity index (χ0n) is 13.2. The Morgan fingerprint density at radius 1 is 1.30 bits per heavy atom. The van der Waals surface area contributed by atoms with Crippen molar-refractivity contribution in [2.24, 2.45) is 0 Å². The molecule has 3 rings (SSSR count). The van der Waals surface area contributed by atoms with Crippen LogP contribution < -0.4 is 10.2 Å². The van der Waals surface area contributed by atoms with Crippen molar-refractivity contribution < 1.29 is 9.50 Å². The molecule has 122 valence electrons. The summed E-state index contributed by atoms with van der Waals surface area (Å²) in [5.74, 6) is 1.05. The monoisotopic (exact) mass is 316 g/mol. The van der Waals surface area contributed by atoms with Crippen molar-refractivity contribution in [3.8, 4) is 0 Å². The lowest BCUT2D eigenvalue weighted by Crippen LogP contribution is -2.23. The van der Waals surface area contributed by atoms with E-state index in [2.05, 4.69) is 27.1 Å². The van der Waals surface area contributed by atoms with Crippen molar-refractivity contribution in [2.45, 2.75) is 32.3 Å². The molecule has 6 heteroatoms. The number of aromatic nitrogens is 2. The zero-order valence-corrected chi connectivity index (χ0v) is 13.2. The molecule has 1 saturated heterocycles. The Labute approximate surface area is 135 Å². The molecule has 2 heterocycles. The summed E-state index contributed by atoms with van der Waals surface area (Å²) in [6.45, 7) is 3.49. The molecule has 1 aliphatic heterocycles. The summed E-state index contributed by atoms with van der Waals surface area (Å²) >= 11 is 0. The maximum Gasteiger partial charge on any atom is 0.229 e. The number of aryl methyl sites for hydroxylation is 1. The summed E-state index contributed by atoms with van der Waals surface area (Å²) in [6, 6.07) is 8.10. The molecule has 1 aromatic carbocycles. The summed E-state index contributed by atoms with van der Waals surface area (Å²) in [4.78, 5) is 11.1. The molecule has 2 aromatic rings. The number of aliphatic hydroxyl groups is 1. The first-order valence-electron chi connectivity index (χ1n) is 7.97. The Hall–Kier alpha value is -2.21. The number of β-amino-alcohol motifs (C(OH)–C–C–N with tert-alkyl or cyclic N) is 1. The van der Waals surface area contributed by atoms with E-state index in [4.69, 9.17) is 0 Å². The SMILES string of the molecule is CCCc1cc(N2CC[C@H](O)C2)nc(Nc2ccc(F)cc2)n1. The Bertz CT molecular complexity index is 662. The standard InChI is InChI=1S/C17H21FN4O/c1-2-3-14-10-16(22-9-8-15(23)11-22)21-17(20-14)19-13-6-4-12(18)5-7-13/h4-7,10,15,23H,2-3,8-9,11H2,1H3,(H,19,20,21)/t15-/m0/s1. The number of nitrogens with zero attached hydrogens (tertiary/aromatic N) is 3. The van der Waals surface area contributed by atoms with Crippen molar-refractivity contribution in [3.63, 3.8) is 0 Å². The van der Waals surface area contributed by atoms with Crippen molar-refractivity contribution in [3.05, 3.63) is 41.8 Å². The van der Waals surface area contributed by atoms with Gasteiger partial charge in [0, 0.05) is 30.5 Å². The molecule has 1 fully saturated rings. The Kier molecular flexibility index (Phi) is 4.71. The van der Waals surface area contributed by atoms with Gasteiger partial charge in [0.25, 0.3) is 0 Å². The van der Waals surface area contributed by atoms with Gasteiger partial charge in [-0.25, -0.2) is 9.37 Å². The molecule has 1 aromatic heterocycles. The van der Waals surface area contributed by atoms with Gasteiger partial charge in [-0.3, -0.25) is 0 Å². The van der Waals surface area contributed by atoms with E-state index in [1.165, 1.54) is 12.1 Å². The summed E-state index contributed by atoms with van der Waals surface area (Å²) in [5.41, 5.74) is 1.70. The third-order valence-corrected chi connectivity index (χ3v) is 3.86. The number of benzene rings is 1. The number of hydrogen-bond donors (Lipinski definition) is 2. The minimum atomic E-state index is -0.298. The van der Waals surface area contributed by atoms with E-state index in [9.17, 15) is 9.50 Å². The predicted molar refractivity (Wildman–Crippen MR) is 88.5 cm³/mol. The molecule has 0 spiro atoms. The second-order valence-electron chi connectivity index (χ2n) is 5.81. The average molecular weight is 316 g/mol. The van der Waals surface area contributed by atoms with Crippen LogP contribution >= 0.6 is 0 Å². The molecule has 0 saturated carbocycles. The molecule has 0 bridgehead atoms. The van der Waals surface area contributed by atoms with Gasteiger partial charge >= 0.3 is 0 Å². The Morgan fingerprint density at radius 3 is 2.74 bits per heavy atom. The molecule has 0 radical (unpaired) electrons. The minimum absolute atomic E-state index is 0.275. The number of nitrogens with one attached hydrogen (secondary N) is 1. The minimum Gasteiger partial charge on any atom is -0.391 e. The second-order valence-corrected chi connectivity index (χ2v) is 5.81. The molecule has 0 unspecified atom stereocenters. The molecule has 23 heavy (non-hydrogen) atoms. The van der Waals surface area contributed by atoms with E-state index in [0.29, 0.717) is 12.5 Å². The van der Waals surface area contributed by atoms with Gasteiger partial charge in [-0.15, -0.1) is 0 Å². The van der Waals surface area contributed by atoms with Gasteiger partial charge in [-0.2, -0.15) is 4.98 Å². The highest BCUT2D eigenvalue weighted by atomic mass is 19.1. The van der Waals surface area contributed by atoms with Crippen molar-refractivity contribution in [2.75, 3.05) is 23.3 Å². The fourth-order valence-electron chi connectivity index (χ4n) is 2.70. The lowest BCUT2D eigenvalue weighted by atomic mass is 10.2. The topological polar surface area (TPSA) is 61.3 Å². The summed E-state index contributed by atoms with van der Waals surface area (Å²) in [6.07, 6.45) is 2.32. The van der Waals surface area contributed by atoms with Crippen LogP contribution in [0.1, 0.15) is 25.5 Å². The molecule has 1 atom stereocenters. The quantitative estimate of drug-likeness (QED) is 0.888. The largest absolute Gasteiger partial charge is 0.391 e. The molecule has 2 N–H and O–H groups in total. The molecular weight excluding hydrogens is 295 g/mol. The van der Waals surface area contributed by atoms with E-state index < -0.39 is 0 Å². The van der Waals surface area contributed by atoms with Crippen molar-refractivity contribution in [1.82, 2.24) is 9.97 Å². The molecule has 0 amide bonds. The van der Waals surface area contributed by atoms with Crippen LogP contribution in [0, 0.1) is 5.82 Å². The molecule has 0 aliphatic carbocycles. The lowest BCUT2D eigenvalue weighted by Gasteiger charge is -2.18. The Balaban J connectivity index is 1.86. The van der Waals surface area contributed by atoms with Crippen LogP contribution in [0.4, 0.5) is 21.8 Å². The van der Waals surface area contributed by atoms with Crippen LogP contribution in [0.15, 0.2) is 30.3 Å². The van der Waals surface area contributed by atoms with Crippen LogP contribution in [-0.4, -0.2) is 34.3 Å². The van der Waals surface area contributed by atoms with E-state index in [-0.39, 0.29) is 11.9 Å². The summed E-state index contributed by atoms with van der Waals surface area (Å²) < 4.78 is 13.0. The number of anilines is 3. The predicted octanol–water partition coefficient (Wildman–Crippen LogP) is 2.88. The van der Waals surface area contributed by atoms with Gasteiger partial charge in [0.05, 0.1) is 6.10 Å². The number of rotatable bonds is 5. The van der Waals surface area contributed by atoms with Gasteiger partial charge in [-0.1, -0.05) is 13.3 Å². The lowest BCUT2D eigenvalue weighted by molar-refractivity contribution is 0.198. The van der Waals surface area contributed by atoms with E-state index >= 15 is 0 Å². The number of hydrogen-bond acceptors (Lipinski definition) is 5. The molecule has 1 aliphatic rings. The first kappa shape index (κ1) is 15.7. The number of halogens is 1. The average Bonchev–Trinajstić information content (AvgIpc) is 2.96. The van der Waals surface area contributed by atoms with Crippen LogP contribution in [0.2, 0.25) is 0 Å².